The summed E-state index contributed by atoms with van der Waals surface area (Å²) in [6.45, 7) is 4.91. The van der Waals surface area contributed by atoms with Gasteiger partial charge in [0.15, 0.2) is 0 Å². The Morgan fingerprint density at radius 3 is 2.27 bits per heavy atom. The van der Waals surface area contributed by atoms with E-state index >= 15 is 0 Å². The summed E-state index contributed by atoms with van der Waals surface area (Å²) in [4.78, 5) is 0. The van der Waals surface area contributed by atoms with Crippen LogP contribution in [0.15, 0.2) is 24.4 Å². The minimum atomic E-state index is -0.627. The third-order valence-corrected chi connectivity index (χ3v) is 0.565. The van der Waals surface area contributed by atoms with E-state index in [4.69, 9.17) is 0 Å². The summed E-state index contributed by atoms with van der Waals surface area (Å²) in [7, 11) is 0. The van der Waals surface area contributed by atoms with Crippen LogP contribution < -0.4 is 58.6 Å². The van der Waals surface area contributed by atoms with Crippen molar-refractivity contribution >= 4 is 0 Å². The van der Waals surface area contributed by atoms with Gasteiger partial charge in [-0.05, 0) is 12.7 Å². The maximum absolute atomic E-state index is 10.3. The Labute approximate surface area is 101 Å². The number of ether oxygens (including phenoxy) is 1. The zero-order valence-electron chi connectivity index (χ0n) is 7.22. The van der Waals surface area contributed by atoms with E-state index < -0.39 is 11.7 Å². The van der Waals surface area contributed by atoms with Crippen LogP contribution in [0.3, 0.4) is 0 Å². The first-order valence-electron chi connectivity index (χ1n) is 2.54. The normalized spacial score (nSPS) is 9.00. The van der Waals surface area contributed by atoms with Crippen molar-refractivity contribution in [1.29, 1.82) is 0 Å². The number of allylic oxidation sites excluding steroid dienone is 1. The number of hydrogen-bond acceptors (Lipinski definition) is 3. The van der Waals surface area contributed by atoms with E-state index in [0.717, 1.165) is 6.08 Å². The van der Waals surface area contributed by atoms with Gasteiger partial charge in [0.1, 0.15) is 0 Å². The molecule has 0 saturated heterocycles. The minimum Gasteiger partial charge on any atom is -0.873 e. The van der Waals surface area contributed by atoms with Crippen LogP contribution in [0.2, 0.25) is 0 Å². The zero-order valence-corrected chi connectivity index (χ0v) is 9.22. The Morgan fingerprint density at radius 1 is 1.55 bits per heavy atom. The van der Waals surface area contributed by atoms with Gasteiger partial charge in [-0.3, -0.25) is 0 Å². The molecule has 0 aromatic carbocycles. The molecule has 0 aromatic heterocycles. The van der Waals surface area contributed by atoms with Crippen LogP contribution in [-0.2, 0) is 4.74 Å². The van der Waals surface area contributed by atoms with E-state index in [-0.39, 0.29) is 55.0 Å². The Bertz CT molecular complexity index is 136. The van der Waals surface area contributed by atoms with Gasteiger partial charge in [0.2, 0.25) is 0 Å². The summed E-state index contributed by atoms with van der Waals surface area (Å²) < 4.78 is 4.40. The fraction of sp³-hybridized carbons (Fsp3) is 0.333. The van der Waals surface area contributed by atoms with E-state index in [9.17, 15) is 10.2 Å². The summed E-state index contributed by atoms with van der Waals surface area (Å²) in [6, 6.07) is 0. The first-order chi connectivity index (χ1) is 4.16. The van der Waals surface area contributed by atoms with E-state index in [2.05, 4.69) is 11.3 Å². The number of hydrogen-bond donors (Lipinski definition) is 0. The molecule has 0 aromatic rings. The molecule has 3 nitrogen and oxygen atoms in total. The molecule has 0 radical (unpaired) electrons. The van der Waals surface area contributed by atoms with Crippen LogP contribution in [0.25, 0.3) is 0 Å². The van der Waals surface area contributed by atoms with Crippen molar-refractivity contribution in [3.63, 3.8) is 0 Å². The smallest absolute Gasteiger partial charge is 0.873 e. The molecule has 0 aliphatic carbocycles. The molecule has 0 amide bonds. The monoisotopic (exact) mass is 158 g/mol. The van der Waals surface area contributed by atoms with Crippen molar-refractivity contribution in [1.82, 2.24) is 0 Å². The second-order valence-corrected chi connectivity index (χ2v) is 1.36. The fourth-order valence-corrected chi connectivity index (χ4v) is 0.315. The Kier molecular flexibility index (Phi) is 16.7. The molecule has 0 spiro atoms. The predicted octanol–water partition coefficient (Wildman–Crippen LogP) is -6.89. The van der Waals surface area contributed by atoms with Crippen LogP contribution >= 0.6 is 0 Å². The van der Waals surface area contributed by atoms with E-state index in [1.165, 1.54) is 0 Å². The standard InChI is InChI=1S/C6H10O3.Li.Na/c1-3-9-6(8)4-5(2)7;;/h4,7-8H,2-3H2,1H3;;/q;2*+1/p-2/b6-4+;;. The largest absolute Gasteiger partial charge is 1.00 e. The Balaban J connectivity index is -0.000000320. The SMILES string of the molecule is C=C([O-])/C=C(\[O-])OCC.[Li+].[Na+]. The molecule has 11 heavy (non-hydrogen) atoms. The molecular weight excluding hydrogens is 150 g/mol. The van der Waals surface area contributed by atoms with Gasteiger partial charge in [-0.2, -0.15) is 0 Å². The van der Waals surface area contributed by atoms with Crippen molar-refractivity contribution < 1.29 is 63.4 Å². The van der Waals surface area contributed by atoms with Gasteiger partial charge < -0.3 is 14.9 Å². The van der Waals surface area contributed by atoms with E-state index in [1.54, 1.807) is 6.92 Å². The molecule has 0 bridgehead atoms. The van der Waals surface area contributed by atoms with Crippen molar-refractivity contribution in [3.05, 3.63) is 24.4 Å². The second kappa shape index (κ2) is 10.5. The summed E-state index contributed by atoms with van der Waals surface area (Å²) >= 11 is 0. The van der Waals surface area contributed by atoms with Gasteiger partial charge in [-0.25, -0.2) is 0 Å². The van der Waals surface area contributed by atoms with Crippen LogP contribution in [0.4, 0.5) is 0 Å². The van der Waals surface area contributed by atoms with Crippen LogP contribution in [0, 0.1) is 0 Å². The molecule has 0 atom stereocenters. The van der Waals surface area contributed by atoms with Crippen LogP contribution in [0.5, 0.6) is 0 Å². The van der Waals surface area contributed by atoms with E-state index in [0.29, 0.717) is 0 Å². The van der Waals surface area contributed by atoms with Crippen LogP contribution in [0.1, 0.15) is 6.92 Å². The maximum Gasteiger partial charge on any atom is 1.00 e. The van der Waals surface area contributed by atoms with Gasteiger partial charge >= 0.3 is 48.4 Å². The molecule has 5 heteroatoms. The summed E-state index contributed by atoms with van der Waals surface area (Å²) in [5.74, 6) is -1.16. The van der Waals surface area contributed by atoms with Gasteiger partial charge in [-0.1, -0.05) is 6.92 Å². The van der Waals surface area contributed by atoms with Gasteiger partial charge in [-0.15, -0.1) is 12.3 Å². The molecule has 0 aliphatic rings. The first-order valence-corrected chi connectivity index (χ1v) is 2.54. The molecule has 0 unspecified atom stereocenters. The van der Waals surface area contributed by atoms with Gasteiger partial charge in [0, 0.05) is 0 Å². The van der Waals surface area contributed by atoms with Crippen molar-refractivity contribution in [3.8, 4) is 0 Å². The third-order valence-electron chi connectivity index (χ3n) is 0.565. The summed E-state index contributed by atoms with van der Waals surface area (Å²) in [5.41, 5.74) is 0. The molecule has 0 aliphatic heterocycles. The topological polar surface area (TPSA) is 55.3 Å². The summed E-state index contributed by atoms with van der Waals surface area (Å²) in [5, 5.41) is 20.4. The molecule has 0 saturated carbocycles. The molecule has 0 fully saturated rings. The van der Waals surface area contributed by atoms with E-state index in [1.807, 2.05) is 0 Å². The zero-order chi connectivity index (χ0) is 7.28. The minimum absolute atomic E-state index is 0. The second-order valence-electron chi connectivity index (χ2n) is 1.36. The van der Waals surface area contributed by atoms with Crippen LogP contribution in [-0.4, -0.2) is 6.61 Å². The third kappa shape index (κ3) is 13.5. The average Bonchev–Trinajstić information content (AvgIpc) is 1.63. The number of rotatable bonds is 3. The summed E-state index contributed by atoms with van der Waals surface area (Å²) in [6.07, 6.45) is 0.809. The fourth-order valence-electron chi connectivity index (χ4n) is 0.315. The average molecular weight is 158 g/mol. The van der Waals surface area contributed by atoms with Crippen molar-refractivity contribution in [2.24, 2.45) is 0 Å². The quantitative estimate of drug-likeness (QED) is 0.233. The Hall–Kier alpha value is 0.477. The Morgan fingerprint density at radius 2 is 2.00 bits per heavy atom. The molecule has 0 heterocycles. The van der Waals surface area contributed by atoms with Gasteiger partial charge in [0.05, 0.1) is 5.95 Å². The molecule has 52 valence electrons. The molecular formula is C6H8LiNaO3. The first kappa shape index (κ1) is 17.5. The molecule has 0 N–H and O–H groups in total. The predicted molar refractivity (Wildman–Crippen MR) is 28.8 cm³/mol. The van der Waals surface area contributed by atoms with Crippen molar-refractivity contribution in [2.45, 2.75) is 6.92 Å². The van der Waals surface area contributed by atoms with Crippen molar-refractivity contribution in [2.75, 3.05) is 6.61 Å². The van der Waals surface area contributed by atoms with Gasteiger partial charge in [0.25, 0.3) is 0 Å². The molecule has 0 rings (SSSR count). The maximum atomic E-state index is 10.3.